The molecule has 4 heteroatoms. The van der Waals surface area contributed by atoms with Crippen LogP contribution in [0.4, 0.5) is 0 Å². The molecule has 0 aromatic carbocycles. The number of carboxylic acids is 1. The first-order valence-electron chi connectivity index (χ1n) is 4.69. The molecule has 0 spiro atoms. The van der Waals surface area contributed by atoms with Crippen LogP contribution in [0.5, 0.6) is 0 Å². The van der Waals surface area contributed by atoms with Crippen molar-refractivity contribution in [1.82, 2.24) is 0 Å². The summed E-state index contributed by atoms with van der Waals surface area (Å²) in [5.41, 5.74) is 0. The largest absolute Gasteiger partial charge is 0.480 e. The maximum atomic E-state index is 11.1. The molecule has 1 rings (SSSR count). The van der Waals surface area contributed by atoms with Crippen molar-refractivity contribution in [2.24, 2.45) is 0 Å². The minimum absolute atomic E-state index is 0.0691. The van der Waals surface area contributed by atoms with E-state index in [2.05, 4.69) is 0 Å². The van der Waals surface area contributed by atoms with Crippen molar-refractivity contribution >= 4 is 17.7 Å². The molecule has 1 fully saturated rings. The quantitative estimate of drug-likeness (QED) is 0.728. The van der Waals surface area contributed by atoms with E-state index in [0.717, 1.165) is 32.1 Å². The third kappa shape index (κ3) is 2.61. The zero-order chi connectivity index (χ0) is 9.73. The Labute approximate surface area is 82.5 Å². The monoisotopic (exact) mass is 204 g/mol. The van der Waals surface area contributed by atoms with Crippen LogP contribution >= 0.6 is 11.8 Å². The molecule has 0 amide bonds. The first-order valence-corrected chi connectivity index (χ1v) is 5.68. The fraction of sp³-hybridized carbons (Fsp3) is 0.889. The van der Waals surface area contributed by atoms with E-state index in [1.54, 1.807) is 0 Å². The Morgan fingerprint density at radius 1 is 1.31 bits per heavy atom. The number of thioether (sulfide) groups is 1. The predicted molar refractivity (Wildman–Crippen MR) is 53.0 cm³/mol. The van der Waals surface area contributed by atoms with Crippen molar-refractivity contribution in [2.45, 2.75) is 36.9 Å². The molecule has 0 unspecified atom stereocenters. The van der Waals surface area contributed by atoms with Crippen molar-refractivity contribution < 1.29 is 15.0 Å². The van der Waals surface area contributed by atoms with E-state index in [-0.39, 0.29) is 6.61 Å². The predicted octanol–water partition coefficient (Wildman–Crippen LogP) is 1.50. The highest BCUT2D eigenvalue weighted by molar-refractivity contribution is 8.01. The van der Waals surface area contributed by atoms with Gasteiger partial charge in [0.2, 0.25) is 0 Å². The molecule has 0 aliphatic heterocycles. The summed E-state index contributed by atoms with van der Waals surface area (Å²) in [5.74, 6) is -0.169. The molecule has 0 atom stereocenters. The molecule has 0 aromatic rings. The number of aliphatic carboxylic acids is 1. The molecule has 0 bridgehead atoms. The van der Waals surface area contributed by atoms with Crippen molar-refractivity contribution in [3.8, 4) is 0 Å². The first kappa shape index (κ1) is 10.9. The molecule has 0 saturated heterocycles. The molecule has 3 nitrogen and oxygen atoms in total. The van der Waals surface area contributed by atoms with Gasteiger partial charge < -0.3 is 10.2 Å². The van der Waals surface area contributed by atoms with Crippen molar-refractivity contribution in [1.29, 1.82) is 0 Å². The van der Waals surface area contributed by atoms with Crippen LogP contribution in [0.1, 0.15) is 32.1 Å². The van der Waals surface area contributed by atoms with Gasteiger partial charge in [0.25, 0.3) is 0 Å². The van der Waals surface area contributed by atoms with Crippen LogP contribution in [0.25, 0.3) is 0 Å². The summed E-state index contributed by atoms with van der Waals surface area (Å²) in [7, 11) is 0. The number of rotatable bonds is 4. The summed E-state index contributed by atoms with van der Waals surface area (Å²) in [6.45, 7) is 0.0691. The van der Waals surface area contributed by atoms with Gasteiger partial charge in [-0.1, -0.05) is 19.3 Å². The van der Waals surface area contributed by atoms with Gasteiger partial charge in [-0.3, -0.25) is 4.79 Å². The van der Waals surface area contributed by atoms with Gasteiger partial charge in [-0.05, 0) is 12.8 Å². The Kier molecular flexibility index (Phi) is 4.06. The van der Waals surface area contributed by atoms with Gasteiger partial charge in [0.05, 0.1) is 6.61 Å². The molecule has 76 valence electrons. The summed E-state index contributed by atoms with van der Waals surface area (Å²) < 4.78 is -0.596. The van der Waals surface area contributed by atoms with Crippen molar-refractivity contribution in [3.05, 3.63) is 0 Å². The molecule has 2 N–H and O–H groups in total. The number of aliphatic hydroxyl groups excluding tert-OH is 1. The third-order valence-electron chi connectivity index (χ3n) is 2.52. The molecule has 1 saturated carbocycles. The number of hydrogen-bond donors (Lipinski definition) is 2. The maximum Gasteiger partial charge on any atom is 0.319 e. The molecule has 1 aliphatic carbocycles. The van der Waals surface area contributed by atoms with E-state index in [0.29, 0.717) is 5.75 Å². The fourth-order valence-corrected chi connectivity index (χ4v) is 2.97. The highest BCUT2D eigenvalue weighted by Crippen LogP contribution is 2.39. The average molecular weight is 204 g/mol. The zero-order valence-electron chi connectivity index (χ0n) is 7.66. The number of hydrogen-bond acceptors (Lipinski definition) is 3. The lowest BCUT2D eigenvalue weighted by atomic mass is 9.88. The van der Waals surface area contributed by atoms with Crippen LogP contribution in [0, 0.1) is 0 Å². The zero-order valence-corrected chi connectivity index (χ0v) is 8.48. The van der Waals surface area contributed by atoms with Gasteiger partial charge >= 0.3 is 5.97 Å². The van der Waals surface area contributed by atoms with Gasteiger partial charge in [-0.15, -0.1) is 11.8 Å². The van der Waals surface area contributed by atoms with E-state index in [9.17, 15) is 4.79 Å². The van der Waals surface area contributed by atoms with E-state index in [1.165, 1.54) is 11.8 Å². The van der Waals surface area contributed by atoms with E-state index >= 15 is 0 Å². The van der Waals surface area contributed by atoms with Gasteiger partial charge in [0.1, 0.15) is 4.75 Å². The summed E-state index contributed by atoms with van der Waals surface area (Å²) >= 11 is 1.40. The molecular weight excluding hydrogens is 188 g/mol. The highest BCUT2D eigenvalue weighted by atomic mass is 32.2. The van der Waals surface area contributed by atoms with Crippen molar-refractivity contribution in [2.75, 3.05) is 12.4 Å². The fourth-order valence-electron chi connectivity index (χ4n) is 1.78. The van der Waals surface area contributed by atoms with Crippen LogP contribution in [0.2, 0.25) is 0 Å². The van der Waals surface area contributed by atoms with E-state index in [1.807, 2.05) is 0 Å². The standard InChI is InChI=1S/C9H16O3S/c10-6-7-13-9(8(11)12)4-2-1-3-5-9/h10H,1-7H2,(H,11,12). The van der Waals surface area contributed by atoms with Gasteiger partial charge in [0.15, 0.2) is 0 Å². The minimum Gasteiger partial charge on any atom is -0.480 e. The lowest BCUT2D eigenvalue weighted by molar-refractivity contribution is -0.140. The summed E-state index contributed by atoms with van der Waals surface area (Å²) in [6.07, 6.45) is 4.67. The lowest BCUT2D eigenvalue weighted by Crippen LogP contribution is -2.37. The second-order valence-electron chi connectivity index (χ2n) is 3.43. The van der Waals surface area contributed by atoms with Gasteiger partial charge in [0, 0.05) is 5.75 Å². The van der Waals surface area contributed by atoms with Crippen LogP contribution < -0.4 is 0 Å². The highest BCUT2D eigenvalue weighted by Gasteiger charge is 2.39. The minimum atomic E-state index is -0.703. The van der Waals surface area contributed by atoms with Crippen LogP contribution in [0.15, 0.2) is 0 Å². The van der Waals surface area contributed by atoms with Crippen LogP contribution in [-0.4, -0.2) is 33.3 Å². The average Bonchev–Trinajstić information content (AvgIpc) is 2.16. The van der Waals surface area contributed by atoms with E-state index in [4.69, 9.17) is 10.2 Å². The molecule has 0 heterocycles. The summed E-state index contributed by atoms with van der Waals surface area (Å²) in [4.78, 5) is 11.1. The third-order valence-corrected chi connectivity index (χ3v) is 4.04. The number of carboxylic acid groups (broad SMARTS) is 1. The van der Waals surface area contributed by atoms with Gasteiger partial charge in [-0.2, -0.15) is 0 Å². The second kappa shape index (κ2) is 4.86. The maximum absolute atomic E-state index is 11.1. The van der Waals surface area contributed by atoms with Crippen LogP contribution in [-0.2, 0) is 4.79 Å². The Hall–Kier alpha value is -0.220. The summed E-state index contributed by atoms with van der Waals surface area (Å²) in [6, 6.07) is 0. The molecule has 1 aliphatic rings. The molecule has 13 heavy (non-hydrogen) atoms. The van der Waals surface area contributed by atoms with Gasteiger partial charge in [-0.25, -0.2) is 0 Å². The SMILES string of the molecule is O=C(O)C1(SCCO)CCCCC1. The Balaban J connectivity index is 2.56. The van der Waals surface area contributed by atoms with Crippen LogP contribution in [0.3, 0.4) is 0 Å². The number of aliphatic hydroxyl groups is 1. The molecule has 0 radical (unpaired) electrons. The normalized spacial score (nSPS) is 21.3. The smallest absolute Gasteiger partial charge is 0.319 e. The molecular formula is C9H16O3S. The summed E-state index contributed by atoms with van der Waals surface area (Å²) in [5, 5.41) is 17.8. The number of carbonyl (C=O) groups is 1. The Morgan fingerprint density at radius 2 is 1.92 bits per heavy atom. The van der Waals surface area contributed by atoms with E-state index < -0.39 is 10.7 Å². The topological polar surface area (TPSA) is 57.5 Å². The molecule has 0 aromatic heterocycles. The first-order chi connectivity index (χ1) is 6.21. The lowest BCUT2D eigenvalue weighted by Gasteiger charge is -2.32. The second-order valence-corrected chi connectivity index (χ2v) is 4.91. The van der Waals surface area contributed by atoms with Crippen molar-refractivity contribution in [3.63, 3.8) is 0 Å². The Bertz CT molecular complexity index is 176. The Morgan fingerprint density at radius 3 is 2.38 bits per heavy atom.